The molecule has 0 aliphatic carbocycles. The lowest BCUT2D eigenvalue weighted by Gasteiger charge is -2.26. The Kier molecular flexibility index (Phi) is 2.38. The van der Waals surface area contributed by atoms with Crippen LogP contribution in [0, 0.1) is 0 Å². The third-order valence-electron chi connectivity index (χ3n) is 4.24. The van der Waals surface area contributed by atoms with Crippen molar-refractivity contribution in [3.63, 3.8) is 0 Å². The van der Waals surface area contributed by atoms with Gasteiger partial charge in [-0.25, -0.2) is 0 Å². The summed E-state index contributed by atoms with van der Waals surface area (Å²) in [6.07, 6.45) is 3.72. The van der Waals surface area contributed by atoms with E-state index in [0.29, 0.717) is 19.1 Å². The molecule has 98 valence electrons. The maximum absolute atomic E-state index is 12.4. The molecule has 0 saturated carbocycles. The van der Waals surface area contributed by atoms with Crippen LogP contribution in [-0.2, 0) is 16.0 Å². The van der Waals surface area contributed by atoms with Crippen LogP contribution in [0.5, 0.6) is 0 Å². The van der Waals surface area contributed by atoms with E-state index in [1.54, 1.807) is 0 Å². The number of hydrogen-bond donors (Lipinski definition) is 1. The number of para-hydroxylation sites is 1. The molecule has 0 spiro atoms. The summed E-state index contributed by atoms with van der Waals surface area (Å²) in [6.45, 7) is 1.48. The van der Waals surface area contributed by atoms with Crippen LogP contribution in [0.15, 0.2) is 30.5 Å². The number of aromatic nitrogens is 1. The van der Waals surface area contributed by atoms with E-state index in [2.05, 4.69) is 11.1 Å². The lowest BCUT2D eigenvalue weighted by molar-refractivity contribution is -0.134. The third-order valence-corrected chi connectivity index (χ3v) is 4.24. The highest BCUT2D eigenvalue weighted by Crippen LogP contribution is 2.29. The maximum atomic E-state index is 12.4. The number of hydrogen-bond acceptors (Lipinski definition) is 2. The number of ether oxygens (including phenoxy) is 1. The van der Waals surface area contributed by atoms with Crippen LogP contribution in [0.2, 0.25) is 0 Å². The number of rotatable bonds is 2. The number of H-pyrrole nitrogens is 1. The van der Waals surface area contributed by atoms with Crippen LogP contribution in [0.3, 0.4) is 0 Å². The first-order chi connectivity index (χ1) is 9.31. The van der Waals surface area contributed by atoms with Crippen molar-refractivity contribution >= 4 is 16.8 Å². The van der Waals surface area contributed by atoms with Gasteiger partial charge in [-0.2, -0.15) is 0 Å². The van der Waals surface area contributed by atoms with Crippen LogP contribution in [0.25, 0.3) is 10.9 Å². The van der Waals surface area contributed by atoms with E-state index in [-0.39, 0.29) is 12.0 Å². The Morgan fingerprint density at radius 1 is 1.42 bits per heavy atom. The first kappa shape index (κ1) is 11.1. The van der Waals surface area contributed by atoms with E-state index < -0.39 is 0 Å². The second-order valence-corrected chi connectivity index (χ2v) is 5.43. The molecule has 2 aromatic rings. The highest BCUT2D eigenvalue weighted by atomic mass is 16.5. The van der Waals surface area contributed by atoms with Gasteiger partial charge in [-0.05, 0) is 18.1 Å². The quantitative estimate of drug-likeness (QED) is 0.889. The molecule has 1 aromatic heterocycles. The average molecular weight is 256 g/mol. The fraction of sp³-hybridized carbons (Fsp3) is 0.400. The maximum Gasteiger partial charge on any atom is 0.227 e. The molecular weight excluding hydrogens is 240 g/mol. The highest BCUT2D eigenvalue weighted by molar-refractivity contribution is 5.89. The minimum atomic E-state index is 0.223. The van der Waals surface area contributed by atoms with Crippen LogP contribution >= 0.6 is 0 Å². The fourth-order valence-electron chi connectivity index (χ4n) is 3.25. The monoisotopic (exact) mass is 256 g/mol. The lowest BCUT2D eigenvalue weighted by Crippen LogP contribution is -2.42. The predicted octanol–water partition coefficient (Wildman–Crippen LogP) is 1.71. The summed E-state index contributed by atoms with van der Waals surface area (Å²) < 4.78 is 5.54. The molecule has 3 heterocycles. The van der Waals surface area contributed by atoms with Crippen LogP contribution in [-0.4, -0.2) is 41.1 Å². The number of benzene rings is 1. The van der Waals surface area contributed by atoms with Crippen molar-refractivity contribution in [2.45, 2.75) is 25.0 Å². The first-order valence-electron chi connectivity index (χ1n) is 6.77. The van der Waals surface area contributed by atoms with Gasteiger partial charge >= 0.3 is 0 Å². The van der Waals surface area contributed by atoms with Gasteiger partial charge in [0, 0.05) is 23.6 Å². The molecule has 4 rings (SSSR count). The van der Waals surface area contributed by atoms with Crippen molar-refractivity contribution in [3.8, 4) is 0 Å². The van der Waals surface area contributed by atoms with Crippen LogP contribution < -0.4 is 0 Å². The molecule has 0 radical (unpaired) electrons. The van der Waals surface area contributed by atoms with Crippen molar-refractivity contribution in [3.05, 3.63) is 36.0 Å². The zero-order chi connectivity index (χ0) is 12.8. The van der Waals surface area contributed by atoms with Crippen LogP contribution in [0.4, 0.5) is 0 Å². The molecule has 19 heavy (non-hydrogen) atoms. The molecule has 4 nitrogen and oxygen atoms in total. The molecule has 1 amide bonds. The summed E-state index contributed by atoms with van der Waals surface area (Å²) in [7, 11) is 0. The number of carbonyl (C=O) groups is 1. The molecule has 1 N–H and O–H groups in total. The Balaban J connectivity index is 1.56. The van der Waals surface area contributed by atoms with Gasteiger partial charge in [0.15, 0.2) is 0 Å². The summed E-state index contributed by atoms with van der Waals surface area (Å²) in [4.78, 5) is 17.6. The molecule has 2 saturated heterocycles. The van der Waals surface area contributed by atoms with Gasteiger partial charge in [-0.1, -0.05) is 18.2 Å². The summed E-state index contributed by atoms with van der Waals surface area (Å²) >= 11 is 0. The number of aromatic amines is 1. The average Bonchev–Trinajstić information content (AvgIpc) is 3.14. The topological polar surface area (TPSA) is 45.3 Å². The van der Waals surface area contributed by atoms with Crippen molar-refractivity contribution in [1.82, 2.24) is 9.88 Å². The van der Waals surface area contributed by atoms with Crippen molar-refractivity contribution < 1.29 is 9.53 Å². The molecule has 2 aliphatic rings. The van der Waals surface area contributed by atoms with Crippen molar-refractivity contribution in [1.29, 1.82) is 0 Å². The van der Waals surface area contributed by atoms with E-state index in [0.717, 1.165) is 29.4 Å². The second kappa shape index (κ2) is 4.10. The Morgan fingerprint density at radius 2 is 2.32 bits per heavy atom. The Labute approximate surface area is 111 Å². The van der Waals surface area contributed by atoms with Gasteiger partial charge in [-0.3, -0.25) is 4.79 Å². The highest BCUT2D eigenvalue weighted by Gasteiger charge is 2.41. The predicted molar refractivity (Wildman–Crippen MR) is 71.9 cm³/mol. The molecule has 2 unspecified atom stereocenters. The van der Waals surface area contributed by atoms with Crippen molar-refractivity contribution in [2.24, 2.45) is 0 Å². The largest absolute Gasteiger partial charge is 0.374 e. The SMILES string of the molecule is O=C(Cc1c[nH]c2ccccc12)N1CC2CC1CO2. The molecule has 2 bridgehead atoms. The second-order valence-electron chi connectivity index (χ2n) is 5.43. The summed E-state index contributed by atoms with van der Waals surface area (Å²) in [5, 5.41) is 1.15. The number of nitrogens with zero attached hydrogens (tertiary/aromatic N) is 1. The lowest BCUT2D eigenvalue weighted by atomic mass is 10.1. The first-order valence-corrected chi connectivity index (χ1v) is 6.77. The number of carbonyl (C=O) groups excluding carboxylic acids is 1. The normalized spacial score (nSPS) is 25.4. The Hall–Kier alpha value is -1.81. The van der Waals surface area contributed by atoms with Gasteiger partial charge in [0.1, 0.15) is 0 Å². The smallest absolute Gasteiger partial charge is 0.227 e. The summed E-state index contributed by atoms with van der Waals surface area (Å²) in [5.74, 6) is 0.223. The minimum Gasteiger partial charge on any atom is -0.374 e. The molecule has 2 atom stereocenters. The molecule has 1 aromatic carbocycles. The minimum absolute atomic E-state index is 0.223. The number of fused-ring (bicyclic) bond motifs is 3. The third kappa shape index (κ3) is 1.75. The van der Waals surface area contributed by atoms with Crippen molar-refractivity contribution in [2.75, 3.05) is 13.2 Å². The van der Waals surface area contributed by atoms with E-state index in [1.807, 2.05) is 29.3 Å². The van der Waals surface area contributed by atoms with E-state index in [1.165, 1.54) is 0 Å². The van der Waals surface area contributed by atoms with E-state index in [4.69, 9.17) is 4.74 Å². The van der Waals surface area contributed by atoms with Gasteiger partial charge < -0.3 is 14.6 Å². The fourth-order valence-corrected chi connectivity index (χ4v) is 3.25. The van der Waals surface area contributed by atoms with Gasteiger partial charge in [0.25, 0.3) is 0 Å². The Bertz CT molecular complexity index is 634. The van der Waals surface area contributed by atoms with Gasteiger partial charge in [0.05, 0.1) is 25.2 Å². The van der Waals surface area contributed by atoms with E-state index >= 15 is 0 Å². The molecule has 4 heteroatoms. The van der Waals surface area contributed by atoms with E-state index in [9.17, 15) is 4.79 Å². The number of nitrogens with one attached hydrogen (secondary N) is 1. The summed E-state index contributed by atoms with van der Waals surface area (Å²) in [5.41, 5.74) is 2.18. The standard InChI is InChI=1S/C15H16N2O2/c18-15(17-8-12-6-11(17)9-19-12)5-10-7-16-14-4-2-1-3-13(10)14/h1-4,7,11-12,16H,5-6,8-9H2. The zero-order valence-electron chi connectivity index (χ0n) is 10.6. The molecular formula is C15H16N2O2. The summed E-state index contributed by atoms with van der Waals surface area (Å²) in [6, 6.07) is 8.42. The number of amides is 1. The zero-order valence-corrected chi connectivity index (χ0v) is 10.6. The molecule has 2 aliphatic heterocycles. The number of likely N-dealkylation sites (tertiary alicyclic amines) is 1. The van der Waals surface area contributed by atoms with Crippen LogP contribution in [0.1, 0.15) is 12.0 Å². The van der Waals surface area contributed by atoms with Gasteiger partial charge in [-0.15, -0.1) is 0 Å². The Morgan fingerprint density at radius 3 is 3.11 bits per heavy atom. The number of morpholine rings is 1. The molecule has 2 fully saturated rings. The van der Waals surface area contributed by atoms with Gasteiger partial charge in [0.2, 0.25) is 5.91 Å².